The Bertz CT molecular complexity index is 387. The lowest BCUT2D eigenvalue weighted by molar-refractivity contribution is 0.147. The van der Waals surface area contributed by atoms with E-state index in [1.807, 2.05) is 0 Å². The molecule has 1 aromatic rings. The lowest BCUT2D eigenvalue weighted by atomic mass is 10.2. The minimum absolute atomic E-state index is 0.000509. The molecule has 1 aromatic heterocycles. The molecule has 0 aromatic carbocycles. The number of rotatable bonds is 2. The summed E-state index contributed by atoms with van der Waals surface area (Å²) in [6.07, 6.45) is -2.86. The van der Waals surface area contributed by atoms with Crippen LogP contribution in [-0.4, -0.2) is 4.98 Å². The Balaban J connectivity index is 3.22. The predicted molar refractivity (Wildman–Crippen MR) is 47.9 cm³/mol. The van der Waals surface area contributed by atoms with Gasteiger partial charge in [0.15, 0.2) is 0 Å². The number of nitrogens with two attached hydrogens (primary N) is 1. The molecule has 0 atom stereocenters. The van der Waals surface area contributed by atoms with Gasteiger partial charge in [0.2, 0.25) is 0 Å². The molecule has 74 valence electrons. The van der Waals surface area contributed by atoms with E-state index in [9.17, 15) is 8.78 Å². The third-order valence-corrected chi connectivity index (χ3v) is 1.87. The number of alkyl halides is 2. The number of nitrogens with zero attached hydrogens (tertiary/aromatic N) is 2. The monoisotopic (exact) mass is 217 g/mol. The van der Waals surface area contributed by atoms with Gasteiger partial charge in [-0.1, -0.05) is 11.6 Å². The van der Waals surface area contributed by atoms with Crippen molar-refractivity contribution in [2.24, 2.45) is 0 Å². The Morgan fingerprint density at radius 3 is 2.79 bits per heavy atom. The van der Waals surface area contributed by atoms with Crippen molar-refractivity contribution in [2.45, 2.75) is 12.8 Å². The van der Waals surface area contributed by atoms with Gasteiger partial charge in [0, 0.05) is 0 Å². The average Bonchev–Trinajstić information content (AvgIpc) is 2.11. The quantitative estimate of drug-likeness (QED) is 0.827. The van der Waals surface area contributed by atoms with Crippen LogP contribution in [0.1, 0.15) is 17.8 Å². The van der Waals surface area contributed by atoms with Gasteiger partial charge in [-0.2, -0.15) is 5.26 Å². The highest BCUT2D eigenvalue weighted by Crippen LogP contribution is 2.29. The van der Waals surface area contributed by atoms with Crippen LogP contribution in [0.15, 0.2) is 6.07 Å². The van der Waals surface area contributed by atoms with Crippen LogP contribution >= 0.6 is 11.6 Å². The summed E-state index contributed by atoms with van der Waals surface area (Å²) >= 11 is 5.59. The van der Waals surface area contributed by atoms with E-state index in [0.717, 1.165) is 0 Å². The van der Waals surface area contributed by atoms with Gasteiger partial charge in [0.05, 0.1) is 28.9 Å². The van der Waals surface area contributed by atoms with E-state index in [0.29, 0.717) is 0 Å². The van der Waals surface area contributed by atoms with Crippen LogP contribution in [0.2, 0.25) is 5.02 Å². The van der Waals surface area contributed by atoms with Crippen molar-refractivity contribution in [2.75, 3.05) is 5.73 Å². The lowest BCUT2D eigenvalue weighted by Crippen LogP contribution is -2.02. The van der Waals surface area contributed by atoms with Crippen molar-refractivity contribution >= 4 is 17.3 Å². The summed E-state index contributed by atoms with van der Waals surface area (Å²) in [7, 11) is 0. The largest absolute Gasteiger partial charge is 0.396 e. The molecule has 1 heterocycles. The number of hydrogen-bond acceptors (Lipinski definition) is 3. The highest BCUT2D eigenvalue weighted by Gasteiger charge is 2.16. The molecule has 0 bridgehead atoms. The van der Waals surface area contributed by atoms with Crippen LogP contribution in [0.5, 0.6) is 0 Å². The van der Waals surface area contributed by atoms with E-state index in [1.165, 1.54) is 6.07 Å². The Morgan fingerprint density at radius 1 is 1.64 bits per heavy atom. The second-order valence-electron chi connectivity index (χ2n) is 2.53. The Morgan fingerprint density at radius 2 is 2.29 bits per heavy atom. The molecule has 0 spiro atoms. The fraction of sp³-hybridized carbons (Fsp3) is 0.250. The second-order valence-corrected chi connectivity index (χ2v) is 2.94. The van der Waals surface area contributed by atoms with E-state index in [1.54, 1.807) is 6.07 Å². The first-order valence-corrected chi connectivity index (χ1v) is 4.04. The minimum Gasteiger partial charge on any atom is -0.396 e. The van der Waals surface area contributed by atoms with Crippen molar-refractivity contribution in [1.29, 1.82) is 5.26 Å². The standard InChI is InChI=1S/C8H6ClF2N3/c9-5-3-4(1-2-12)14-7(6(5)13)8(10)11/h3,8H,1,13H2. The van der Waals surface area contributed by atoms with Crippen molar-refractivity contribution in [3.63, 3.8) is 0 Å². The highest BCUT2D eigenvalue weighted by atomic mass is 35.5. The molecule has 0 aliphatic carbocycles. The fourth-order valence-corrected chi connectivity index (χ4v) is 1.15. The molecule has 0 saturated carbocycles. The predicted octanol–water partition coefficient (Wildman–Crippen LogP) is 2.32. The Kier molecular flexibility index (Phi) is 3.20. The molecule has 0 aliphatic rings. The van der Waals surface area contributed by atoms with Crippen LogP contribution in [0.25, 0.3) is 0 Å². The summed E-state index contributed by atoms with van der Waals surface area (Å²) in [5, 5.41) is 8.36. The van der Waals surface area contributed by atoms with E-state index >= 15 is 0 Å². The summed E-state index contributed by atoms with van der Waals surface area (Å²) in [6.45, 7) is 0. The highest BCUT2D eigenvalue weighted by molar-refractivity contribution is 6.33. The molecule has 0 unspecified atom stereocenters. The zero-order valence-corrected chi connectivity index (χ0v) is 7.72. The van der Waals surface area contributed by atoms with Crippen LogP contribution in [0, 0.1) is 11.3 Å². The SMILES string of the molecule is N#CCc1cc(Cl)c(N)c(C(F)F)n1. The Hall–Kier alpha value is -1.41. The summed E-state index contributed by atoms with van der Waals surface area (Å²) in [5.41, 5.74) is 4.69. The average molecular weight is 218 g/mol. The van der Waals surface area contributed by atoms with Crippen LogP contribution in [-0.2, 0) is 6.42 Å². The third kappa shape index (κ3) is 2.09. The number of halogens is 3. The van der Waals surface area contributed by atoms with Gasteiger partial charge < -0.3 is 5.73 Å². The first-order valence-electron chi connectivity index (χ1n) is 3.66. The van der Waals surface area contributed by atoms with E-state index < -0.39 is 12.1 Å². The topological polar surface area (TPSA) is 62.7 Å². The molecule has 2 N–H and O–H groups in total. The number of aromatic nitrogens is 1. The molecular formula is C8H6ClF2N3. The molecule has 0 fully saturated rings. The number of anilines is 1. The molecule has 0 radical (unpaired) electrons. The summed E-state index contributed by atoms with van der Waals surface area (Å²) in [6, 6.07) is 3.10. The number of pyridine rings is 1. The summed E-state index contributed by atoms with van der Waals surface area (Å²) < 4.78 is 24.7. The lowest BCUT2D eigenvalue weighted by Gasteiger charge is -2.06. The normalized spacial score (nSPS) is 10.2. The molecule has 14 heavy (non-hydrogen) atoms. The van der Waals surface area contributed by atoms with Gasteiger partial charge in [-0.15, -0.1) is 0 Å². The van der Waals surface area contributed by atoms with Gasteiger partial charge in [-0.3, -0.25) is 0 Å². The van der Waals surface area contributed by atoms with Crippen LogP contribution in [0.3, 0.4) is 0 Å². The second kappa shape index (κ2) is 4.20. The number of nitriles is 1. The Labute approximate surface area is 84.1 Å². The maximum Gasteiger partial charge on any atom is 0.282 e. The molecule has 0 amide bonds. The molecule has 0 aliphatic heterocycles. The molecule has 0 saturated heterocycles. The zero-order chi connectivity index (χ0) is 10.7. The maximum absolute atomic E-state index is 12.3. The molecular weight excluding hydrogens is 212 g/mol. The van der Waals surface area contributed by atoms with Gasteiger partial charge in [0.1, 0.15) is 5.69 Å². The van der Waals surface area contributed by atoms with Crippen molar-refractivity contribution in [1.82, 2.24) is 4.98 Å². The molecule has 6 heteroatoms. The summed E-state index contributed by atoms with van der Waals surface area (Å²) in [5.74, 6) is 0. The van der Waals surface area contributed by atoms with Crippen molar-refractivity contribution in [3.8, 4) is 6.07 Å². The van der Waals surface area contributed by atoms with E-state index in [4.69, 9.17) is 22.6 Å². The first-order chi connectivity index (χ1) is 6.56. The maximum atomic E-state index is 12.3. The zero-order valence-electron chi connectivity index (χ0n) is 6.97. The number of hydrogen-bond donors (Lipinski definition) is 1. The van der Waals surface area contributed by atoms with E-state index in [-0.39, 0.29) is 22.8 Å². The third-order valence-electron chi connectivity index (χ3n) is 1.56. The van der Waals surface area contributed by atoms with Crippen LogP contribution in [0.4, 0.5) is 14.5 Å². The van der Waals surface area contributed by atoms with Gasteiger partial charge in [0.25, 0.3) is 6.43 Å². The molecule has 3 nitrogen and oxygen atoms in total. The van der Waals surface area contributed by atoms with Gasteiger partial charge >= 0.3 is 0 Å². The minimum atomic E-state index is -2.79. The smallest absolute Gasteiger partial charge is 0.282 e. The summed E-state index contributed by atoms with van der Waals surface area (Å²) in [4.78, 5) is 3.54. The molecule has 1 rings (SSSR count). The van der Waals surface area contributed by atoms with Gasteiger partial charge in [-0.25, -0.2) is 13.8 Å². The van der Waals surface area contributed by atoms with E-state index in [2.05, 4.69) is 4.98 Å². The van der Waals surface area contributed by atoms with Crippen molar-refractivity contribution in [3.05, 3.63) is 22.5 Å². The number of nitrogen functional groups attached to an aromatic ring is 1. The van der Waals surface area contributed by atoms with Crippen LogP contribution < -0.4 is 5.73 Å². The van der Waals surface area contributed by atoms with Gasteiger partial charge in [-0.05, 0) is 6.07 Å². The van der Waals surface area contributed by atoms with Crippen molar-refractivity contribution < 1.29 is 8.78 Å². The first kappa shape index (κ1) is 10.7. The fourth-order valence-electron chi connectivity index (χ4n) is 0.931.